The van der Waals surface area contributed by atoms with Crippen LogP contribution in [0.4, 0.5) is 4.39 Å². The molecule has 0 unspecified atom stereocenters. The Balaban J connectivity index is 1.99. The van der Waals surface area contributed by atoms with Crippen LogP contribution in [-0.4, -0.2) is 55.1 Å². The first-order chi connectivity index (χ1) is 18.5. The van der Waals surface area contributed by atoms with Crippen LogP contribution in [0.25, 0.3) is 0 Å². The summed E-state index contributed by atoms with van der Waals surface area (Å²) in [5, 5.41) is 2.94. The van der Waals surface area contributed by atoms with Crippen molar-refractivity contribution in [2.45, 2.75) is 57.1 Å². The predicted octanol–water partition coefficient (Wildman–Crippen LogP) is 4.31. The molecule has 1 N–H and O–H groups in total. The number of nitrogens with one attached hydrogen (secondary N) is 1. The molecule has 2 atom stereocenters. The Bertz CT molecular complexity index is 1360. The number of rotatable bonds is 12. The van der Waals surface area contributed by atoms with Crippen LogP contribution in [-0.2, 0) is 32.6 Å². The second kappa shape index (κ2) is 13.5. The molecule has 0 heterocycles. The number of sulfonamides is 1. The van der Waals surface area contributed by atoms with Crippen LogP contribution < -0.4 is 5.32 Å². The zero-order valence-electron chi connectivity index (χ0n) is 22.8. The molecule has 0 aliphatic heterocycles. The largest absolute Gasteiger partial charge is 0.352 e. The molecular formula is C30H36FN3O4S. The van der Waals surface area contributed by atoms with E-state index in [0.29, 0.717) is 6.42 Å². The second-order valence-corrected chi connectivity index (χ2v) is 11.8. The topological polar surface area (TPSA) is 86.8 Å². The maximum Gasteiger partial charge on any atom is 0.243 e. The molecule has 0 radical (unpaired) electrons. The lowest BCUT2D eigenvalue weighted by atomic mass is 10.0. The molecule has 9 heteroatoms. The van der Waals surface area contributed by atoms with E-state index in [9.17, 15) is 22.4 Å². The predicted molar refractivity (Wildman–Crippen MR) is 150 cm³/mol. The molecule has 0 aliphatic rings. The van der Waals surface area contributed by atoms with Crippen LogP contribution in [0.3, 0.4) is 0 Å². The summed E-state index contributed by atoms with van der Waals surface area (Å²) in [7, 11) is -2.66. The van der Waals surface area contributed by atoms with Gasteiger partial charge < -0.3 is 10.2 Å². The van der Waals surface area contributed by atoms with Crippen molar-refractivity contribution in [2.24, 2.45) is 0 Å². The number of amides is 2. The zero-order chi connectivity index (χ0) is 28.6. The minimum Gasteiger partial charge on any atom is -0.352 e. The highest BCUT2D eigenvalue weighted by molar-refractivity contribution is 7.89. The smallest absolute Gasteiger partial charge is 0.243 e. The lowest BCUT2D eigenvalue weighted by Crippen LogP contribution is -2.54. The third kappa shape index (κ3) is 7.97. The quantitative estimate of drug-likeness (QED) is 0.362. The lowest BCUT2D eigenvalue weighted by Gasteiger charge is -2.33. The van der Waals surface area contributed by atoms with Crippen molar-refractivity contribution in [3.8, 4) is 0 Å². The van der Waals surface area contributed by atoms with Gasteiger partial charge in [-0.25, -0.2) is 12.8 Å². The summed E-state index contributed by atoms with van der Waals surface area (Å²) >= 11 is 0. The van der Waals surface area contributed by atoms with Gasteiger partial charge in [0.2, 0.25) is 21.8 Å². The van der Waals surface area contributed by atoms with Crippen LogP contribution in [0.2, 0.25) is 0 Å². The zero-order valence-corrected chi connectivity index (χ0v) is 23.6. The van der Waals surface area contributed by atoms with E-state index in [1.807, 2.05) is 51.1 Å². The number of carbonyl (C=O) groups excluding carboxylic acids is 2. The van der Waals surface area contributed by atoms with Crippen molar-refractivity contribution < 1.29 is 22.4 Å². The standard InChI is InChI=1S/C30H36FN3O4S/c1-5-23(3)32-30(36)28(19-24-11-7-6-8-12-24)34(20-25-13-9-10-14-27(25)31)29(35)21-33(4)39(37,38)26-17-15-22(2)16-18-26/h6-18,23,28H,5,19-21H2,1-4H3,(H,32,36)/t23-,28+/m0/s1. The summed E-state index contributed by atoms with van der Waals surface area (Å²) in [6.07, 6.45) is 0.861. The summed E-state index contributed by atoms with van der Waals surface area (Å²) < 4.78 is 42.1. The highest BCUT2D eigenvalue weighted by Crippen LogP contribution is 2.19. The lowest BCUT2D eigenvalue weighted by molar-refractivity contribution is -0.141. The maximum atomic E-state index is 14.7. The summed E-state index contributed by atoms with van der Waals surface area (Å²) in [6, 6.07) is 20.5. The summed E-state index contributed by atoms with van der Waals surface area (Å²) in [5.41, 5.74) is 1.94. The van der Waals surface area contributed by atoms with E-state index in [0.717, 1.165) is 15.4 Å². The third-order valence-corrected chi connectivity index (χ3v) is 8.48. The first-order valence-electron chi connectivity index (χ1n) is 12.9. The van der Waals surface area contributed by atoms with E-state index in [-0.39, 0.29) is 35.4 Å². The maximum absolute atomic E-state index is 14.7. The Morgan fingerprint density at radius 3 is 2.18 bits per heavy atom. The highest BCUT2D eigenvalue weighted by Gasteiger charge is 2.33. The van der Waals surface area contributed by atoms with Crippen LogP contribution in [0.1, 0.15) is 37.0 Å². The van der Waals surface area contributed by atoms with Crippen molar-refractivity contribution in [3.63, 3.8) is 0 Å². The number of aryl methyl sites for hydroxylation is 1. The molecule has 0 saturated heterocycles. The summed E-state index contributed by atoms with van der Waals surface area (Å²) in [5.74, 6) is -1.52. The molecule has 0 fully saturated rings. The fourth-order valence-electron chi connectivity index (χ4n) is 4.06. The molecule has 3 rings (SSSR count). The molecule has 0 bridgehead atoms. The van der Waals surface area contributed by atoms with Gasteiger partial charge in [-0.3, -0.25) is 9.59 Å². The minimum atomic E-state index is -3.98. The molecule has 208 valence electrons. The first kappa shape index (κ1) is 30.0. The van der Waals surface area contributed by atoms with Crippen LogP contribution >= 0.6 is 0 Å². The molecule has 0 saturated carbocycles. The average molecular weight is 554 g/mol. The van der Waals surface area contributed by atoms with Gasteiger partial charge in [-0.2, -0.15) is 4.31 Å². The SMILES string of the molecule is CC[C@H](C)NC(=O)[C@@H](Cc1ccccc1)N(Cc1ccccc1F)C(=O)CN(C)S(=O)(=O)c1ccc(C)cc1. The van der Waals surface area contributed by atoms with Gasteiger partial charge in [0.1, 0.15) is 11.9 Å². The Kier molecular flexibility index (Phi) is 10.4. The minimum absolute atomic E-state index is 0.0550. The molecule has 0 spiro atoms. The van der Waals surface area contributed by atoms with Crippen molar-refractivity contribution >= 4 is 21.8 Å². The molecule has 2 amide bonds. The first-order valence-corrected chi connectivity index (χ1v) is 14.4. The fourth-order valence-corrected chi connectivity index (χ4v) is 5.18. The van der Waals surface area contributed by atoms with Gasteiger partial charge in [0.05, 0.1) is 11.4 Å². The van der Waals surface area contributed by atoms with Crippen LogP contribution in [0.15, 0.2) is 83.8 Å². The number of nitrogens with zero attached hydrogens (tertiary/aromatic N) is 2. The van der Waals surface area contributed by atoms with Gasteiger partial charge in [-0.15, -0.1) is 0 Å². The van der Waals surface area contributed by atoms with Crippen molar-refractivity contribution in [1.82, 2.24) is 14.5 Å². The van der Waals surface area contributed by atoms with E-state index in [1.54, 1.807) is 30.3 Å². The second-order valence-electron chi connectivity index (χ2n) is 9.71. The van der Waals surface area contributed by atoms with Gasteiger partial charge in [-0.05, 0) is 44.0 Å². The Morgan fingerprint density at radius 2 is 1.56 bits per heavy atom. The Labute approximate surface area is 230 Å². The van der Waals surface area contributed by atoms with Gasteiger partial charge in [0, 0.05) is 31.6 Å². The normalized spacial score (nSPS) is 13.1. The van der Waals surface area contributed by atoms with E-state index in [2.05, 4.69) is 5.32 Å². The van der Waals surface area contributed by atoms with E-state index < -0.39 is 34.3 Å². The van der Waals surface area contributed by atoms with E-state index >= 15 is 0 Å². The Hall–Kier alpha value is -3.56. The number of halogens is 1. The van der Waals surface area contributed by atoms with Crippen LogP contribution in [0.5, 0.6) is 0 Å². The number of carbonyl (C=O) groups is 2. The molecule has 3 aromatic rings. The molecule has 0 aromatic heterocycles. The van der Waals surface area contributed by atoms with Crippen molar-refractivity contribution in [1.29, 1.82) is 0 Å². The molecule has 0 aliphatic carbocycles. The number of benzene rings is 3. The third-order valence-electron chi connectivity index (χ3n) is 6.66. The molecule has 3 aromatic carbocycles. The summed E-state index contributed by atoms with van der Waals surface area (Å²) in [4.78, 5) is 28.7. The average Bonchev–Trinajstić information content (AvgIpc) is 2.92. The van der Waals surface area contributed by atoms with Gasteiger partial charge in [0.25, 0.3) is 0 Å². The molecule has 7 nitrogen and oxygen atoms in total. The van der Waals surface area contributed by atoms with E-state index in [1.165, 1.54) is 30.1 Å². The number of hydrogen-bond acceptors (Lipinski definition) is 4. The number of likely N-dealkylation sites (N-methyl/N-ethyl adjacent to an activating group) is 1. The fraction of sp³-hybridized carbons (Fsp3) is 0.333. The Morgan fingerprint density at radius 1 is 0.949 bits per heavy atom. The monoisotopic (exact) mass is 553 g/mol. The number of hydrogen-bond donors (Lipinski definition) is 1. The van der Waals surface area contributed by atoms with Gasteiger partial charge >= 0.3 is 0 Å². The molecule has 39 heavy (non-hydrogen) atoms. The highest BCUT2D eigenvalue weighted by atomic mass is 32.2. The van der Waals surface area contributed by atoms with Gasteiger partial charge in [0.15, 0.2) is 0 Å². The van der Waals surface area contributed by atoms with E-state index in [4.69, 9.17) is 0 Å². The summed E-state index contributed by atoms with van der Waals surface area (Å²) in [6.45, 7) is 4.93. The van der Waals surface area contributed by atoms with Crippen molar-refractivity contribution in [3.05, 3.63) is 101 Å². The molecular weight excluding hydrogens is 517 g/mol. The van der Waals surface area contributed by atoms with Gasteiger partial charge in [-0.1, -0.05) is 73.2 Å². The van der Waals surface area contributed by atoms with Crippen molar-refractivity contribution in [2.75, 3.05) is 13.6 Å². The van der Waals surface area contributed by atoms with Crippen LogP contribution in [0, 0.1) is 12.7 Å².